The first-order valence-electron chi connectivity index (χ1n) is 8.55. The fourth-order valence-corrected chi connectivity index (χ4v) is 4.06. The number of ketones is 1. The van der Waals surface area contributed by atoms with E-state index in [2.05, 4.69) is 13.8 Å². The summed E-state index contributed by atoms with van der Waals surface area (Å²) in [7, 11) is 0. The number of benzene rings is 2. The van der Waals surface area contributed by atoms with E-state index in [0.717, 1.165) is 22.6 Å². The standard InChI is InChI=1S/C22H18O3/c1-22(2)20-15(11-13-7-3-5-9-17(13)24-20)19(23)16-12-14-8-4-6-10-18(14)25-21(16)22/h3-12,20-21H,1-2H3/t20-,21+. The van der Waals surface area contributed by atoms with Crippen LogP contribution in [-0.4, -0.2) is 18.0 Å². The second-order valence-electron chi connectivity index (χ2n) is 7.42. The molecular weight excluding hydrogens is 312 g/mol. The SMILES string of the molecule is CC1(C)[C@@H]2Oc3ccccc3C=C2C(=O)C2=Cc3ccccc3O[C@@H]21. The molecule has 2 aliphatic heterocycles. The smallest absolute Gasteiger partial charge is 0.192 e. The van der Waals surface area contributed by atoms with Crippen LogP contribution < -0.4 is 9.47 Å². The number of hydrogen-bond donors (Lipinski definition) is 0. The summed E-state index contributed by atoms with van der Waals surface area (Å²) in [5.74, 6) is 1.67. The zero-order chi connectivity index (χ0) is 17.2. The van der Waals surface area contributed by atoms with Gasteiger partial charge in [0.15, 0.2) is 5.78 Å². The first-order chi connectivity index (χ1) is 12.1. The highest BCUT2D eigenvalue weighted by molar-refractivity contribution is 6.16. The molecule has 3 nitrogen and oxygen atoms in total. The molecule has 0 amide bonds. The van der Waals surface area contributed by atoms with E-state index < -0.39 is 0 Å². The highest BCUT2D eigenvalue weighted by Gasteiger charge is 2.54. The van der Waals surface area contributed by atoms with E-state index in [1.165, 1.54) is 0 Å². The van der Waals surface area contributed by atoms with Crippen molar-refractivity contribution in [2.24, 2.45) is 5.41 Å². The van der Waals surface area contributed by atoms with E-state index in [9.17, 15) is 4.79 Å². The lowest BCUT2D eigenvalue weighted by Crippen LogP contribution is -2.56. The molecule has 0 saturated heterocycles. The highest BCUT2D eigenvalue weighted by atomic mass is 16.5. The number of carbonyl (C=O) groups excluding carboxylic acids is 1. The molecule has 2 heterocycles. The molecule has 3 heteroatoms. The molecule has 3 aliphatic rings. The van der Waals surface area contributed by atoms with Gasteiger partial charge in [-0.3, -0.25) is 4.79 Å². The number of fused-ring (bicyclic) bond motifs is 4. The molecule has 0 radical (unpaired) electrons. The van der Waals surface area contributed by atoms with E-state index >= 15 is 0 Å². The number of carbonyl (C=O) groups is 1. The fourth-order valence-electron chi connectivity index (χ4n) is 4.06. The van der Waals surface area contributed by atoms with Crippen LogP contribution in [0.15, 0.2) is 59.7 Å². The second kappa shape index (κ2) is 4.85. The first kappa shape index (κ1) is 14.5. The largest absolute Gasteiger partial charge is 0.484 e. The van der Waals surface area contributed by atoms with Crippen LogP contribution in [0, 0.1) is 5.41 Å². The Morgan fingerprint density at radius 1 is 0.760 bits per heavy atom. The topological polar surface area (TPSA) is 35.5 Å². The van der Waals surface area contributed by atoms with E-state index in [-0.39, 0.29) is 23.4 Å². The van der Waals surface area contributed by atoms with Crippen molar-refractivity contribution in [1.82, 2.24) is 0 Å². The van der Waals surface area contributed by atoms with Gasteiger partial charge in [-0.05, 0) is 24.3 Å². The minimum atomic E-state index is -0.368. The Kier molecular flexibility index (Phi) is 2.82. The van der Waals surface area contributed by atoms with E-state index in [1.54, 1.807) is 0 Å². The summed E-state index contributed by atoms with van der Waals surface area (Å²) in [5, 5.41) is 0. The molecule has 1 fully saturated rings. The van der Waals surface area contributed by atoms with Crippen molar-refractivity contribution in [3.8, 4) is 11.5 Å². The molecule has 1 saturated carbocycles. The maximum Gasteiger partial charge on any atom is 0.192 e. The third-order valence-corrected chi connectivity index (χ3v) is 5.39. The van der Waals surface area contributed by atoms with Crippen LogP contribution in [0.1, 0.15) is 25.0 Å². The molecule has 0 bridgehead atoms. The van der Waals surface area contributed by atoms with Gasteiger partial charge in [0.2, 0.25) is 0 Å². The Hall–Kier alpha value is -2.81. The molecule has 0 aromatic heterocycles. The van der Waals surface area contributed by atoms with Crippen LogP contribution in [0.25, 0.3) is 12.2 Å². The van der Waals surface area contributed by atoms with Crippen LogP contribution in [0.3, 0.4) is 0 Å². The Morgan fingerprint density at radius 2 is 1.20 bits per heavy atom. The Bertz CT molecular complexity index is 889. The second-order valence-corrected chi connectivity index (χ2v) is 7.42. The lowest BCUT2D eigenvalue weighted by atomic mass is 9.65. The summed E-state index contributed by atoms with van der Waals surface area (Å²) < 4.78 is 12.5. The van der Waals surface area contributed by atoms with Gasteiger partial charge in [-0.15, -0.1) is 0 Å². The fraction of sp³-hybridized carbons (Fsp3) is 0.227. The Labute approximate surface area is 146 Å². The third-order valence-electron chi connectivity index (χ3n) is 5.39. The Balaban J connectivity index is 1.70. The van der Waals surface area contributed by atoms with Crippen LogP contribution in [0.2, 0.25) is 0 Å². The molecular formula is C22H18O3. The monoisotopic (exact) mass is 330 g/mol. The van der Waals surface area contributed by atoms with E-state index in [0.29, 0.717) is 11.1 Å². The van der Waals surface area contributed by atoms with Crippen molar-refractivity contribution in [3.63, 3.8) is 0 Å². The molecule has 0 N–H and O–H groups in total. The van der Waals surface area contributed by atoms with Crippen molar-refractivity contribution < 1.29 is 14.3 Å². The normalized spacial score (nSPS) is 25.1. The van der Waals surface area contributed by atoms with E-state index in [4.69, 9.17) is 9.47 Å². The van der Waals surface area contributed by atoms with Gasteiger partial charge in [0, 0.05) is 27.7 Å². The first-order valence-corrected chi connectivity index (χ1v) is 8.55. The number of ether oxygens (including phenoxy) is 2. The predicted octanol–water partition coefficient (Wildman–Crippen LogP) is 4.28. The summed E-state index contributed by atoms with van der Waals surface area (Å²) in [6, 6.07) is 15.7. The maximum atomic E-state index is 13.2. The number of para-hydroxylation sites is 2. The summed E-state index contributed by atoms with van der Waals surface area (Å²) in [5.41, 5.74) is 2.97. The molecule has 25 heavy (non-hydrogen) atoms. The zero-order valence-corrected chi connectivity index (χ0v) is 14.2. The summed E-state index contributed by atoms with van der Waals surface area (Å²) >= 11 is 0. The van der Waals surface area contributed by atoms with Gasteiger partial charge in [-0.1, -0.05) is 50.2 Å². The van der Waals surface area contributed by atoms with Crippen LogP contribution >= 0.6 is 0 Å². The molecule has 2 aromatic carbocycles. The quantitative estimate of drug-likeness (QED) is 0.723. The molecule has 5 rings (SSSR count). The summed E-state index contributed by atoms with van der Waals surface area (Å²) in [6.07, 6.45) is 3.32. The zero-order valence-electron chi connectivity index (χ0n) is 14.2. The lowest BCUT2D eigenvalue weighted by molar-refractivity contribution is -0.119. The molecule has 0 spiro atoms. The predicted molar refractivity (Wildman–Crippen MR) is 96.5 cm³/mol. The minimum Gasteiger partial charge on any atom is -0.484 e. The van der Waals surface area contributed by atoms with Gasteiger partial charge < -0.3 is 9.47 Å². The van der Waals surface area contributed by atoms with Crippen molar-refractivity contribution in [2.75, 3.05) is 0 Å². The van der Waals surface area contributed by atoms with Crippen LogP contribution in [0.5, 0.6) is 11.5 Å². The number of rotatable bonds is 0. The third kappa shape index (κ3) is 1.95. The Morgan fingerprint density at radius 3 is 1.68 bits per heavy atom. The minimum absolute atomic E-state index is 0.0262. The highest BCUT2D eigenvalue weighted by Crippen LogP contribution is 2.49. The van der Waals surface area contributed by atoms with Gasteiger partial charge in [-0.2, -0.15) is 0 Å². The van der Waals surface area contributed by atoms with Crippen molar-refractivity contribution in [2.45, 2.75) is 26.1 Å². The molecule has 1 aliphatic carbocycles. The lowest BCUT2D eigenvalue weighted by Gasteiger charge is -2.48. The van der Waals surface area contributed by atoms with Gasteiger partial charge in [-0.25, -0.2) is 0 Å². The van der Waals surface area contributed by atoms with Gasteiger partial charge in [0.1, 0.15) is 23.7 Å². The van der Waals surface area contributed by atoms with Crippen molar-refractivity contribution in [1.29, 1.82) is 0 Å². The number of hydrogen-bond acceptors (Lipinski definition) is 3. The molecule has 2 aromatic rings. The molecule has 0 unspecified atom stereocenters. The van der Waals surface area contributed by atoms with Gasteiger partial charge in [0.25, 0.3) is 0 Å². The van der Waals surface area contributed by atoms with Gasteiger partial charge >= 0.3 is 0 Å². The van der Waals surface area contributed by atoms with Crippen LogP contribution in [-0.2, 0) is 4.79 Å². The molecule has 124 valence electrons. The van der Waals surface area contributed by atoms with Crippen molar-refractivity contribution >= 4 is 17.9 Å². The van der Waals surface area contributed by atoms with Crippen molar-refractivity contribution in [3.05, 3.63) is 70.8 Å². The van der Waals surface area contributed by atoms with Gasteiger partial charge in [0.05, 0.1) is 0 Å². The van der Waals surface area contributed by atoms with Crippen LogP contribution in [0.4, 0.5) is 0 Å². The average Bonchev–Trinajstić information content (AvgIpc) is 2.64. The summed E-state index contributed by atoms with van der Waals surface area (Å²) in [4.78, 5) is 13.2. The molecule has 2 atom stereocenters. The summed E-state index contributed by atoms with van der Waals surface area (Å²) in [6.45, 7) is 4.22. The number of Topliss-reactive ketones (excluding diaryl/α,β-unsaturated/α-hetero) is 1. The maximum absolute atomic E-state index is 13.2. The van der Waals surface area contributed by atoms with E-state index in [1.807, 2.05) is 60.7 Å². The average molecular weight is 330 g/mol.